The molecule has 3 atom stereocenters. The number of ketones is 1. The number of carbonyl (C=O) groups excluding carboxylic acids is 2. The lowest BCUT2D eigenvalue weighted by molar-refractivity contribution is -0.145. The number of aryl methyl sites for hydroxylation is 2. The van der Waals surface area contributed by atoms with E-state index in [4.69, 9.17) is 19.7 Å². The topological polar surface area (TPSA) is 130 Å². The molecule has 2 aliphatic rings. The van der Waals surface area contributed by atoms with E-state index in [0.717, 1.165) is 72.3 Å². The molecule has 1 aliphatic carbocycles. The molecule has 0 fully saturated rings. The van der Waals surface area contributed by atoms with Gasteiger partial charge in [-0.1, -0.05) is 19.9 Å². The Balaban J connectivity index is 1.35. The van der Waals surface area contributed by atoms with Crippen molar-refractivity contribution in [2.24, 2.45) is 17.8 Å². The molecule has 1 aliphatic heterocycles. The van der Waals surface area contributed by atoms with E-state index in [9.17, 15) is 19.2 Å². The van der Waals surface area contributed by atoms with Crippen LogP contribution in [0.4, 0.5) is 0 Å². The molecule has 9 heteroatoms. The fourth-order valence-corrected chi connectivity index (χ4v) is 6.27. The monoisotopic (exact) mass is 593 g/mol. The molecule has 43 heavy (non-hydrogen) atoms. The Bertz CT molecular complexity index is 1380. The molecular formula is C34H43NO8. The first kappa shape index (κ1) is 32.0. The van der Waals surface area contributed by atoms with Crippen LogP contribution < -0.4 is 9.47 Å². The number of carboxylic acids is 2. The van der Waals surface area contributed by atoms with E-state index in [2.05, 4.69) is 18.2 Å². The fraction of sp³-hybridized carbons (Fsp3) is 0.529. The summed E-state index contributed by atoms with van der Waals surface area (Å²) in [4.78, 5) is 48.9. The van der Waals surface area contributed by atoms with Gasteiger partial charge in [0.1, 0.15) is 17.3 Å². The highest BCUT2D eigenvalue weighted by Crippen LogP contribution is 2.36. The van der Waals surface area contributed by atoms with Crippen molar-refractivity contribution in [3.8, 4) is 11.5 Å². The van der Waals surface area contributed by atoms with Gasteiger partial charge in [0.2, 0.25) is 5.91 Å². The number of hydrogen-bond acceptors (Lipinski definition) is 6. The largest absolute Gasteiger partial charge is 0.496 e. The van der Waals surface area contributed by atoms with Gasteiger partial charge in [0, 0.05) is 32.4 Å². The van der Waals surface area contributed by atoms with E-state index in [1.54, 1.807) is 33.0 Å². The highest BCUT2D eigenvalue weighted by atomic mass is 16.5. The molecule has 0 saturated heterocycles. The van der Waals surface area contributed by atoms with E-state index in [0.29, 0.717) is 25.4 Å². The maximum Gasteiger partial charge on any atom is 0.306 e. The summed E-state index contributed by atoms with van der Waals surface area (Å²) < 4.78 is 11.4. The molecule has 2 aromatic rings. The molecule has 0 radical (unpaired) electrons. The SMILES string of the molecule is COc1cc2c(cc1CCCc1cc3c(cc1OC)CN(C(=O)C[C@H](C)C(=O)O)C3)CC(CCC(=O)C[C@H](C)C(=O)O)C2. The molecular weight excluding hydrogens is 550 g/mol. The van der Waals surface area contributed by atoms with Crippen molar-refractivity contribution in [2.75, 3.05) is 14.2 Å². The van der Waals surface area contributed by atoms with Gasteiger partial charge in [0.25, 0.3) is 0 Å². The number of aliphatic carboxylic acids is 2. The summed E-state index contributed by atoms with van der Waals surface area (Å²) in [5.41, 5.74) is 6.89. The van der Waals surface area contributed by atoms with Crippen molar-refractivity contribution in [1.29, 1.82) is 0 Å². The Hall–Kier alpha value is -3.88. The van der Waals surface area contributed by atoms with Gasteiger partial charge < -0.3 is 24.6 Å². The van der Waals surface area contributed by atoms with Crippen molar-refractivity contribution < 1.29 is 38.9 Å². The lowest BCUT2D eigenvalue weighted by Gasteiger charge is -2.16. The molecule has 1 unspecified atom stereocenters. The molecule has 4 rings (SSSR count). The quantitative estimate of drug-likeness (QED) is 0.295. The Morgan fingerprint density at radius 1 is 0.791 bits per heavy atom. The number of carboxylic acid groups (broad SMARTS) is 2. The van der Waals surface area contributed by atoms with Crippen LogP contribution in [-0.4, -0.2) is 53.0 Å². The van der Waals surface area contributed by atoms with Crippen LogP contribution in [0.3, 0.4) is 0 Å². The van der Waals surface area contributed by atoms with Gasteiger partial charge in [-0.05, 0) is 96.0 Å². The zero-order chi connectivity index (χ0) is 31.3. The molecule has 0 spiro atoms. The molecule has 2 N–H and O–H groups in total. The lowest BCUT2D eigenvalue weighted by atomic mass is 9.95. The van der Waals surface area contributed by atoms with Crippen molar-refractivity contribution in [1.82, 2.24) is 4.90 Å². The summed E-state index contributed by atoms with van der Waals surface area (Å²) in [5, 5.41) is 18.2. The second-order valence-corrected chi connectivity index (χ2v) is 12.2. The van der Waals surface area contributed by atoms with Gasteiger partial charge in [-0.25, -0.2) is 0 Å². The second kappa shape index (κ2) is 14.1. The summed E-state index contributed by atoms with van der Waals surface area (Å²) in [6.45, 7) is 4.06. The molecule has 2 aromatic carbocycles. The molecule has 1 amide bonds. The number of methoxy groups -OCH3 is 2. The molecule has 0 saturated carbocycles. The van der Waals surface area contributed by atoms with Crippen LogP contribution in [-0.2, 0) is 58.0 Å². The van der Waals surface area contributed by atoms with Crippen LogP contribution in [0.1, 0.15) is 79.3 Å². The maximum atomic E-state index is 12.7. The highest BCUT2D eigenvalue weighted by Gasteiger charge is 2.28. The number of hydrogen-bond donors (Lipinski definition) is 2. The van der Waals surface area contributed by atoms with Crippen molar-refractivity contribution in [3.05, 3.63) is 57.6 Å². The smallest absolute Gasteiger partial charge is 0.306 e. The van der Waals surface area contributed by atoms with Crippen molar-refractivity contribution in [3.63, 3.8) is 0 Å². The molecule has 9 nitrogen and oxygen atoms in total. The predicted molar refractivity (Wildman–Crippen MR) is 160 cm³/mol. The van der Waals surface area contributed by atoms with Gasteiger partial charge in [-0.3, -0.25) is 19.2 Å². The summed E-state index contributed by atoms with van der Waals surface area (Å²) in [6, 6.07) is 8.49. The molecule has 0 aromatic heterocycles. The standard InChI is InChI=1S/C34H43NO8/c1-20(33(38)39)10-29(36)9-8-22-12-25-14-23(30(42-3)16-26(25)13-22)6-5-7-24-15-27-18-35(19-28(27)17-31(24)43-4)32(37)11-21(2)34(40)41/h14-17,20-22H,5-13,18-19H2,1-4H3,(H,38,39)(H,40,41)/t20-,21-,22?/m0/s1. The lowest BCUT2D eigenvalue weighted by Crippen LogP contribution is -2.28. The number of Topliss-reactive ketones (excluding diaryl/α,β-unsaturated/α-hetero) is 1. The van der Waals surface area contributed by atoms with Gasteiger partial charge in [0.05, 0.1) is 26.1 Å². The van der Waals surface area contributed by atoms with Crippen LogP contribution in [0.15, 0.2) is 24.3 Å². The number of fused-ring (bicyclic) bond motifs is 2. The Labute approximate surface area is 253 Å². The number of carbonyl (C=O) groups is 4. The number of ether oxygens (including phenoxy) is 2. The number of amides is 1. The summed E-state index contributed by atoms with van der Waals surface area (Å²) in [6.07, 6.45) is 5.55. The Kier molecular flexibility index (Phi) is 10.5. The molecule has 0 bridgehead atoms. The average Bonchev–Trinajstić information content (AvgIpc) is 3.57. The van der Waals surface area contributed by atoms with Crippen LogP contribution >= 0.6 is 0 Å². The van der Waals surface area contributed by atoms with E-state index >= 15 is 0 Å². The normalized spacial score (nSPS) is 16.7. The number of nitrogens with zero attached hydrogens (tertiary/aromatic N) is 1. The van der Waals surface area contributed by atoms with Crippen LogP contribution in [0.2, 0.25) is 0 Å². The molecule has 232 valence electrons. The number of benzene rings is 2. The number of rotatable bonds is 15. The van der Waals surface area contributed by atoms with Gasteiger partial charge in [-0.2, -0.15) is 0 Å². The highest BCUT2D eigenvalue weighted by molar-refractivity contribution is 5.84. The van der Waals surface area contributed by atoms with E-state index in [-0.39, 0.29) is 24.5 Å². The van der Waals surface area contributed by atoms with Gasteiger partial charge in [0.15, 0.2) is 0 Å². The average molecular weight is 594 g/mol. The van der Waals surface area contributed by atoms with E-state index < -0.39 is 23.8 Å². The van der Waals surface area contributed by atoms with E-state index in [1.165, 1.54) is 11.1 Å². The minimum Gasteiger partial charge on any atom is -0.496 e. The predicted octanol–water partition coefficient (Wildman–Crippen LogP) is 5.01. The first-order valence-corrected chi connectivity index (χ1v) is 15.1. The van der Waals surface area contributed by atoms with Crippen molar-refractivity contribution in [2.45, 2.75) is 84.7 Å². The minimum absolute atomic E-state index is 0.0122. The van der Waals surface area contributed by atoms with Crippen LogP contribution in [0.5, 0.6) is 11.5 Å². The first-order valence-electron chi connectivity index (χ1n) is 15.1. The Morgan fingerprint density at radius 3 is 1.84 bits per heavy atom. The minimum atomic E-state index is -0.968. The summed E-state index contributed by atoms with van der Waals surface area (Å²) in [7, 11) is 3.34. The third kappa shape index (κ3) is 7.94. The van der Waals surface area contributed by atoms with E-state index in [1.807, 2.05) is 6.07 Å². The third-order valence-corrected chi connectivity index (χ3v) is 8.88. The second-order valence-electron chi connectivity index (χ2n) is 12.2. The zero-order valence-electron chi connectivity index (χ0n) is 25.6. The first-order chi connectivity index (χ1) is 20.5. The van der Waals surface area contributed by atoms with Gasteiger partial charge in [-0.15, -0.1) is 0 Å². The van der Waals surface area contributed by atoms with Crippen LogP contribution in [0, 0.1) is 17.8 Å². The molecule has 1 heterocycles. The zero-order valence-corrected chi connectivity index (χ0v) is 25.6. The van der Waals surface area contributed by atoms with Crippen LogP contribution in [0.25, 0.3) is 0 Å². The maximum absolute atomic E-state index is 12.7. The fourth-order valence-electron chi connectivity index (χ4n) is 6.27. The summed E-state index contributed by atoms with van der Waals surface area (Å²) in [5.74, 6) is -1.37. The van der Waals surface area contributed by atoms with Crippen molar-refractivity contribution >= 4 is 23.6 Å². The summed E-state index contributed by atoms with van der Waals surface area (Å²) >= 11 is 0. The van der Waals surface area contributed by atoms with Gasteiger partial charge >= 0.3 is 11.9 Å². The third-order valence-electron chi connectivity index (χ3n) is 8.88. The Morgan fingerprint density at radius 2 is 1.28 bits per heavy atom.